The van der Waals surface area contributed by atoms with E-state index in [2.05, 4.69) is 4.90 Å². The van der Waals surface area contributed by atoms with Gasteiger partial charge in [0.1, 0.15) is 11.4 Å². The lowest BCUT2D eigenvalue weighted by atomic mass is 10.0. The maximum absolute atomic E-state index is 13.7. The minimum absolute atomic E-state index is 0.0224. The number of non-ortho nitro benzene ring substituents is 1. The fraction of sp³-hybridized carbons (Fsp3) is 0.435. The molecule has 0 saturated carbocycles. The molecule has 0 bridgehead atoms. The number of nitrogens with zero attached hydrogens (tertiary/aromatic N) is 3. The zero-order valence-corrected chi connectivity index (χ0v) is 18.1. The molecule has 0 N–H and O–H groups in total. The van der Waals surface area contributed by atoms with E-state index in [1.807, 2.05) is 26.8 Å². The third-order valence-corrected chi connectivity index (χ3v) is 5.19. The molecule has 0 atom stereocenters. The van der Waals surface area contributed by atoms with E-state index in [9.17, 15) is 19.3 Å². The highest BCUT2D eigenvalue weighted by atomic mass is 19.1. The summed E-state index contributed by atoms with van der Waals surface area (Å²) in [6.45, 7) is 7.08. The third kappa shape index (κ3) is 6.16. The monoisotopic (exact) mass is 429 g/mol. The molecule has 0 aliphatic carbocycles. The van der Waals surface area contributed by atoms with Crippen LogP contribution in [0.2, 0.25) is 0 Å². The summed E-state index contributed by atoms with van der Waals surface area (Å²) in [5.74, 6) is -0.305. The Labute approximate surface area is 181 Å². The Morgan fingerprint density at radius 2 is 1.84 bits per heavy atom. The van der Waals surface area contributed by atoms with E-state index in [1.165, 1.54) is 24.3 Å². The lowest BCUT2D eigenvalue weighted by Crippen LogP contribution is -2.48. The number of nitro benzene ring substituents is 1. The van der Waals surface area contributed by atoms with Crippen LogP contribution < -0.4 is 4.90 Å². The van der Waals surface area contributed by atoms with E-state index >= 15 is 0 Å². The van der Waals surface area contributed by atoms with Gasteiger partial charge in [0, 0.05) is 43.5 Å². The second-order valence-electron chi connectivity index (χ2n) is 8.73. The van der Waals surface area contributed by atoms with Crippen LogP contribution in [-0.4, -0.2) is 40.6 Å². The molecule has 1 saturated heterocycles. The number of benzene rings is 2. The smallest absolute Gasteiger partial charge is 0.410 e. The molecule has 0 unspecified atom stereocenters. The molecule has 1 aliphatic rings. The van der Waals surface area contributed by atoms with E-state index in [4.69, 9.17) is 4.74 Å². The van der Waals surface area contributed by atoms with Gasteiger partial charge in [-0.2, -0.15) is 0 Å². The SMILES string of the molecule is CC(C)(C)OC(=O)N1CCC(N(Cc2cccc(F)c2)c2ccc([N+](=O)[O-])cc2)CC1. The highest BCUT2D eigenvalue weighted by Gasteiger charge is 2.30. The number of hydrogen-bond donors (Lipinski definition) is 0. The number of piperidine rings is 1. The first-order valence-corrected chi connectivity index (χ1v) is 10.4. The van der Waals surface area contributed by atoms with Crippen LogP contribution in [0.15, 0.2) is 48.5 Å². The zero-order valence-electron chi connectivity index (χ0n) is 18.1. The minimum Gasteiger partial charge on any atom is -0.444 e. The van der Waals surface area contributed by atoms with Gasteiger partial charge in [-0.05, 0) is 63.4 Å². The van der Waals surface area contributed by atoms with E-state index in [-0.39, 0.29) is 23.6 Å². The van der Waals surface area contributed by atoms with Crippen molar-refractivity contribution in [2.75, 3.05) is 18.0 Å². The first-order chi connectivity index (χ1) is 14.6. The van der Waals surface area contributed by atoms with Crippen molar-refractivity contribution in [3.05, 3.63) is 70.0 Å². The molecule has 31 heavy (non-hydrogen) atoms. The minimum atomic E-state index is -0.546. The normalized spacial score (nSPS) is 14.9. The molecular weight excluding hydrogens is 401 g/mol. The molecule has 2 aromatic rings. The van der Waals surface area contributed by atoms with Crippen LogP contribution in [-0.2, 0) is 11.3 Å². The summed E-state index contributed by atoms with van der Waals surface area (Å²) in [5, 5.41) is 11.0. The molecule has 7 nitrogen and oxygen atoms in total. The van der Waals surface area contributed by atoms with Crippen LogP contribution in [0.25, 0.3) is 0 Å². The second-order valence-corrected chi connectivity index (χ2v) is 8.73. The largest absolute Gasteiger partial charge is 0.444 e. The number of rotatable bonds is 5. The summed E-state index contributed by atoms with van der Waals surface area (Å²) < 4.78 is 19.2. The standard InChI is InChI=1S/C23H28FN3O4/c1-23(2,3)31-22(28)25-13-11-20(12-14-25)26(16-17-5-4-6-18(24)15-17)19-7-9-21(10-8-19)27(29)30/h4-10,15,20H,11-14,16H2,1-3H3. The fourth-order valence-corrected chi connectivity index (χ4v) is 3.72. The Kier molecular flexibility index (Phi) is 6.77. The van der Waals surface area contributed by atoms with Gasteiger partial charge in [0.15, 0.2) is 0 Å². The molecule has 1 heterocycles. The van der Waals surface area contributed by atoms with Gasteiger partial charge in [-0.1, -0.05) is 12.1 Å². The lowest BCUT2D eigenvalue weighted by molar-refractivity contribution is -0.384. The van der Waals surface area contributed by atoms with Gasteiger partial charge in [0.05, 0.1) is 4.92 Å². The van der Waals surface area contributed by atoms with Crippen LogP contribution in [0, 0.1) is 15.9 Å². The van der Waals surface area contributed by atoms with E-state index in [0.717, 1.165) is 11.3 Å². The van der Waals surface area contributed by atoms with Gasteiger partial charge in [-0.25, -0.2) is 9.18 Å². The van der Waals surface area contributed by atoms with Crippen LogP contribution >= 0.6 is 0 Å². The van der Waals surface area contributed by atoms with Gasteiger partial charge < -0.3 is 14.5 Å². The highest BCUT2D eigenvalue weighted by Crippen LogP contribution is 2.28. The van der Waals surface area contributed by atoms with Crippen molar-refractivity contribution in [1.29, 1.82) is 0 Å². The molecule has 0 radical (unpaired) electrons. The van der Waals surface area contributed by atoms with Crippen molar-refractivity contribution in [2.45, 2.75) is 51.8 Å². The molecule has 1 fully saturated rings. The van der Waals surface area contributed by atoms with Crippen molar-refractivity contribution in [3.63, 3.8) is 0 Å². The van der Waals surface area contributed by atoms with Crippen molar-refractivity contribution >= 4 is 17.5 Å². The van der Waals surface area contributed by atoms with Crippen LogP contribution in [0.5, 0.6) is 0 Å². The van der Waals surface area contributed by atoms with Gasteiger partial charge in [-0.3, -0.25) is 10.1 Å². The molecule has 1 aliphatic heterocycles. The van der Waals surface area contributed by atoms with Gasteiger partial charge in [-0.15, -0.1) is 0 Å². The highest BCUT2D eigenvalue weighted by molar-refractivity contribution is 5.68. The number of carbonyl (C=O) groups excluding carboxylic acids is 1. The topological polar surface area (TPSA) is 75.9 Å². The summed E-state index contributed by atoms with van der Waals surface area (Å²) in [7, 11) is 0. The Morgan fingerprint density at radius 1 is 1.19 bits per heavy atom. The maximum Gasteiger partial charge on any atom is 0.410 e. The van der Waals surface area contributed by atoms with Crippen molar-refractivity contribution < 1.29 is 18.8 Å². The molecule has 1 amide bonds. The number of amides is 1. The zero-order chi connectivity index (χ0) is 22.6. The number of likely N-dealkylation sites (tertiary alicyclic amines) is 1. The first kappa shape index (κ1) is 22.5. The molecular formula is C23H28FN3O4. The Morgan fingerprint density at radius 3 is 2.39 bits per heavy atom. The number of carbonyl (C=O) groups is 1. The van der Waals surface area contributed by atoms with E-state index in [0.29, 0.717) is 32.5 Å². The average Bonchev–Trinajstić information content (AvgIpc) is 2.71. The van der Waals surface area contributed by atoms with Crippen molar-refractivity contribution in [3.8, 4) is 0 Å². The second kappa shape index (κ2) is 9.32. The van der Waals surface area contributed by atoms with Gasteiger partial charge in [0.25, 0.3) is 5.69 Å². The maximum atomic E-state index is 13.7. The number of ether oxygens (including phenoxy) is 1. The van der Waals surface area contributed by atoms with Crippen molar-refractivity contribution in [2.24, 2.45) is 0 Å². The molecule has 0 spiro atoms. The van der Waals surface area contributed by atoms with E-state index in [1.54, 1.807) is 23.1 Å². The molecule has 3 rings (SSSR count). The Bertz CT molecular complexity index is 919. The molecule has 166 valence electrons. The summed E-state index contributed by atoms with van der Waals surface area (Å²) in [6.07, 6.45) is 1.11. The van der Waals surface area contributed by atoms with Gasteiger partial charge in [0.2, 0.25) is 0 Å². The number of halogens is 1. The summed E-state index contributed by atoms with van der Waals surface area (Å²) in [5.41, 5.74) is 1.11. The van der Waals surface area contributed by atoms with Gasteiger partial charge >= 0.3 is 6.09 Å². The summed E-state index contributed by atoms with van der Waals surface area (Å²) in [6, 6.07) is 12.9. The third-order valence-electron chi connectivity index (χ3n) is 5.19. The average molecular weight is 429 g/mol. The molecule has 2 aromatic carbocycles. The molecule has 0 aromatic heterocycles. The lowest BCUT2D eigenvalue weighted by Gasteiger charge is -2.40. The number of hydrogen-bond acceptors (Lipinski definition) is 5. The quantitative estimate of drug-likeness (QED) is 0.486. The predicted octanol–water partition coefficient (Wildman–Crippen LogP) is 5.14. The van der Waals surface area contributed by atoms with E-state index < -0.39 is 10.5 Å². The fourth-order valence-electron chi connectivity index (χ4n) is 3.72. The molecule has 8 heteroatoms. The number of nitro groups is 1. The number of anilines is 1. The first-order valence-electron chi connectivity index (χ1n) is 10.4. The van der Waals surface area contributed by atoms with Crippen LogP contribution in [0.4, 0.5) is 20.6 Å². The van der Waals surface area contributed by atoms with Crippen LogP contribution in [0.3, 0.4) is 0 Å². The predicted molar refractivity (Wildman–Crippen MR) is 117 cm³/mol. The summed E-state index contributed by atoms with van der Waals surface area (Å²) in [4.78, 5) is 26.8. The Hall–Kier alpha value is -3.16. The summed E-state index contributed by atoms with van der Waals surface area (Å²) >= 11 is 0. The Balaban J connectivity index is 1.77. The van der Waals surface area contributed by atoms with Crippen LogP contribution in [0.1, 0.15) is 39.2 Å². The van der Waals surface area contributed by atoms with Crippen molar-refractivity contribution in [1.82, 2.24) is 4.90 Å².